The van der Waals surface area contributed by atoms with E-state index in [-0.39, 0.29) is 17.9 Å². The van der Waals surface area contributed by atoms with Crippen molar-refractivity contribution < 1.29 is 9.59 Å². The van der Waals surface area contributed by atoms with Crippen LogP contribution < -0.4 is 10.2 Å². The second kappa shape index (κ2) is 8.17. The minimum absolute atomic E-state index is 0.0271. The van der Waals surface area contributed by atoms with Crippen LogP contribution in [0.4, 0.5) is 5.69 Å². The number of carbonyl (C=O) groups is 2. The molecule has 4 heteroatoms. The van der Waals surface area contributed by atoms with Gasteiger partial charge in [0, 0.05) is 24.2 Å². The maximum atomic E-state index is 12.8. The second-order valence-corrected chi connectivity index (χ2v) is 7.27. The molecule has 136 valence electrons. The lowest BCUT2D eigenvalue weighted by Crippen LogP contribution is -2.30. The maximum Gasteiger partial charge on any atom is 0.251 e. The molecule has 1 N–H and O–H groups in total. The minimum atomic E-state index is -0.104. The van der Waals surface area contributed by atoms with Gasteiger partial charge in [0.05, 0.1) is 6.04 Å². The summed E-state index contributed by atoms with van der Waals surface area (Å²) in [7, 11) is 0. The number of nitrogens with one attached hydrogen (secondary N) is 1. The van der Waals surface area contributed by atoms with Gasteiger partial charge in [0.2, 0.25) is 5.91 Å². The van der Waals surface area contributed by atoms with Gasteiger partial charge in [-0.3, -0.25) is 9.59 Å². The number of amides is 2. The molecule has 26 heavy (non-hydrogen) atoms. The zero-order valence-electron chi connectivity index (χ0n) is 15.4. The summed E-state index contributed by atoms with van der Waals surface area (Å²) in [5.74, 6) is 0.492. The van der Waals surface area contributed by atoms with Crippen molar-refractivity contribution in [1.29, 1.82) is 0 Å². The Balaban J connectivity index is 1.78. The molecule has 1 atom stereocenters. The van der Waals surface area contributed by atoms with E-state index in [0.29, 0.717) is 17.9 Å². The molecule has 0 aromatic heterocycles. The molecular weight excluding hydrogens is 324 g/mol. The summed E-state index contributed by atoms with van der Waals surface area (Å²) in [5, 5.41) is 3.17. The first-order chi connectivity index (χ1) is 12.5. The lowest BCUT2D eigenvalue weighted by Gasteiger charge is -2.22. The van der Waals surface area contributed by atoms with Gasteiger partial charge in [-0.25, -0.2) is 0 Å². The molecule has 2 amide bonds. The van der Waals surface area contributed by atoms with Crippen molar-refractivity contribution >= 4 is 17.5 Å². The van der Waals surface area contributed by atoms with Crippen molar-refractivity contribution in [1.82, 2.24) is 5.32 Å². The van der Waals surface area contributed by atoms with Crippen LogP contribution in [0.5, 0.6) is 0 Å². The van der Waals surface area contributed by atoms with E-state index < -0.39 is 0 Å². The van der Waals surface area contributed by atoms with E-state index in [9.17, 15) is 9.59 Å². The Kier molecular flexibility index (Phi) is 5.71. The molecule has 3 rings (SSSR count). The van der Waals surface area contributed by atoms with Crippen LogP contribution in [0.2, 0.25) is 0 Å². The molecule has 1 aliphatic heterocycles. The zero-order chi connectivity index (χ0) is 18.5. The van der Waals surface area contributed by atoms with E-state index in [4.69, 9.17) is 0 Å². The molecule has 2 aromatic carbocycles. The van der Waals surface area contributed by atoms with Gasteiger partial charge in [-0.15, -0.1) is 0 Å². The number of nitrogens with zero attached hydrogens (tertiary/aromatic N) is 1. The highest BCUT2D eigenvalue weighted by atomic mass is 16.2. The van der Waals surface area contributed by atoms with Gasteiger partial charge in [0.15, 0.2) is 0 Å². The number of hydrogen-bond donors (Lipinski definition) is 1. The topological polar surface area (TPSA) is 49.4 Å². The van der Waals surface area contributed by atoms with Crippen LogP contribution in [-0.2, 0) is 4.79 Å². The SMILES string of the molecule is CC(C)C[C@@H](NC(=O)c1cccc(N2CCCC2=O)c1)c1ccccc1. The first-order valence-electron chi connectivity index (χ1n) is 9.31. The lowest BCUT2D eigenvalue weighted by molar-refractivity contribution is -0.117. The Labute approximate surface area is 155 Å². The Bertz CT molecular complexity index is 771. The van der Waals surface area contributed by atoms with E-state index in [1.807, 2.05) is 48.5 Å². The average Bonchev–Trinajstić information content (AvgIpc) is 3.07. The second-order valence-electron chi connectivity index (χ2n) is 7.27. The maximum absolute atomic E-state index is 12.8. The summed E-state index contributed by atoms with van der Waals surface area (Å²) < 4.78 is 0. The van der Waals surface area contributed by atoms with Crippen LogP contribution in [-0.4, -0.2) is 18.4 Å². The predicted octanol–water partition coefficient (Wildman–Crippen LogP) is 4.33. The molecule has 0 unspecified atom stereocenters. The monoisotopic (exact) mass is 350 g/mol. The molecule has 0 radical (unpaired) electrons. The van der Waals surface area contributed by atoms with Crippen LogP contribution in [0.3, 0.4) is 0 Å². The Morgan fingerprint density at radius 3 is 2.54 bits per heavy atom. The fraction of sp³-hybridized carbons (Fsp3) is 0.364. The van der Waals surface area contributed by atoms with E-state index in [2.05, 4.69) is 19.2 Å². The van der Waals surface area contributed by atoms with Gasteiger partial charge in [-0.05, 0) is 42.5 Å². The van der Waals surface area contributed by atoms with Gasteiger partial charge < -0.3 is 10.2 Å². The van der Waals surface area contributed by atoms with E-state index in [1.165, 1.54) is 0 Å². The Morgan fingerprint density at radius 2 is 1.88 bits per heavy atom. The molecule has 0 bridgehead atoms. The summed E-state index contributed by atoms with van der Waals surface area (Å²) in [6, 6.07) is 17.4. The number of anilines is 1. The first kappa shape index (κ1) is 18.2. The summed E-state index contributed by atoms with van der Waals surface area (Å²) in [4.78, 5) is 26.6. The highest BCUT2D eigenvalue weighted by molar-refractivity contribution is 5.99. The fourth-order valence-electron chi connectivity index (χ4n) is 3.41. The van der Waals surface area contributed by atoms with Crippen molar-refractivity contribution in [3.05, 3.63) is 65.7 Å². The first-order valence-corrected chi connectivity index (χ1v) is 9.31. The third-order valence-electron chi connectivity index (χ3n) is 4.71. The lowest BCUT2D eigenvalue weighted by atomic mass is 9.96. The molecule has 4 nitrogen and oxygen atoms in total. The highest BCUT2D eigenvalue weighted by Gasteiger charge is 2.23. The van der Waals surface area contributed by atoms with Crippen molar-refractivity contribution in [3.8, 4) is 0 Å². The molecule has 1 aliphatic rings. The summed E-state index contributed by atoms with van der Waals surface area (Å²) in [6.07, 6.45) is 2.33. The molecule has 0 aliphatic carbocycles. The smallest absolute Gasteiger partial charge is 0.251 e. The third kappa shape index (κ3) is 4.31. The standard InChI is InChI=1S/C22H26N2O2/c1-16(2)14-20(17-8-4-3-5-9-17)23-22(26)18-10-6-11-19(15-18)24-13-7-12-21(24)25/h3-6,8-11,15-16,20H,7,12-14H2,1-2H3,(H,23,26)/t20-/m1/s1. The Hall–Kier alpha value is -2.62. The normalized spacial score (nSPS) is 15.3. The molecule has 1 heterocycles. The van der Waals surface area contributed by atoms with E-state index >= 15 is 0 Å². The van der Waals surface area contributed by atoms with Crippen LogP contribution >= 0.6 is 0 Å². The van der Waals surface area contributed by atoms with E-state index in [0.717, 1.165) is 30.6 Å². The van der Waals surface area contributed by atoms with Gasteiger partial charge in [0.25, 0.3) is 5.91 Å². The highest BCUT2D eigenvalue weighted by Crippen LogP contribution is 2.24. The third-order valence-corrected chi connectivity index (χ3v) is 4.71. The van der Waals surface area contributed by atoms with Crippen molar-refractivity contribution in [3.63, 3.8) is 0 Å². The summed E-state index contributed by atoms with van der Waals surface area (Å²) in [6.45, 7) is 5.04. The Morgan fingerprint density at radius 1 is 1.12 bits per heavy atom. The van der Waals surface area contributed by atoms with Crippen LogP contribution in [0.1, 0.15) is 55.1 Å². The molecule has 0 saturated carbocycles. The number of carbonyl (C=O) groups excluding carboxylic acids is 2. The van der Waals surface area contributed by atoms with Crippen molar-refractivity contribution in [2.45, 2.75) is 39.2 Å². The average molecular weight is 350 g/mol. The number of hydrogen-bond acceptors (Lipinski definition) is 2. The number of benzene rings is 2. The van der Waals surface area contributed by atoms with Crippen molar-refractivity contribution in [2.24, 2.45) is 5.92 Å². The number of rotatable bonds is 6. The zero-order valence-corrected chi connectivity index (χ0v) is 15.4. The molecule has 2 aromatic rings. The van der Waals surface area contributed by atoms with Crippen LogP contribution in [0.15, 0.2) is 54.6 Å². The van der Waals surface area contributed by atoms with Crippen molar-refractivity contribution in [2.75, 3.05) is 11.4 Å². The van der Waals surface area contributed by atoms with Crippen LogP contribution in [0, 0.1) is 5.92 Å². The molecule has 0 spiro atoms. The quantitative estimate of drug-likeness (QED) is 0.843. The fourth-order valence-corrected chi connectivity index (χ4v) is 3.41. The van der Waals surface area contributed by atoms with E-state index in [1.54, 1.807) is 11.0 Å². The largest absolute Gasteiger partial charge is 0.345 e. The molecule has 1 fully saturated rings. The van der Waals surface area contributed by atoms with Crippen LogP contribution in [0.25, 0.3) is 0 Å². The molecular formula is C22H26N2O2. The van der Waals surface area contributed by atoms with Gasteiger partial charge >= 0.3 is 0 Å². The predicted molar refractivity (Wildman–Crippen MR) is 104 cm³/mol. The van der Waals surface area contributed by atoms with Gasteiger partial charge in [-0.1, -0.05) is 50.2 Å². The summed E-state index contributed by atoms with van der Waals surface area (Å²) >= 11 is 0. The minimum Gasteiger partial charge on any atom is -0.345 e. The van der Waals surface area contributed by atoms with Gasteiger partial charge in [-0.2, -0.15) is 0 Å². The van der Waals surface area contributed by atoms with Gasteiger partial charge in [0.1, 0.15) is 0 Å². The summed E-state index contributed by atoms with van der Waals surface area (Å²) in [5.41, 5.74) is 2.51. The molecule has 1 saturated heterocycles.